The summed E-state index contributed by atoms with van der Waals surface area (Å²) in [7, 11) is -4.10. The molecule has 1 N–H and O–H groups in total. The predicted octanol–water partition coefficient (Wildman–Crippen LogP) is 3.67. The summed E-state index contributed by atoms with van der Waals surface area (Å²) in [5.41, 5.74) is 3.40. The first-order valence-electron chi connectivity index (χ1n) is 8.65. The number of fused-ring (bicyclic) bond motifs is 1. The molecule has 3 rings (SSSR count). The molecule has 0 aliphatic carbocycles. The van der Waals surface area contributed by atoms with Gasteiger partial charge in [0.05, 0.1) is 12.7 Å². The van der Waals surface area contributed by atoms with Crippen molar-refractivity contribution in [1.82, 2.24) is 0 Å². The molecule has 27 heavy (non-hydrogen) atoms. The van der Waals surface area contributed by atoms with Crippen molar-refractivity contribution in [2.75, 3.05) is 12.4 Å². The van der Waals surface area contributed by atoms with Crippen LogP contribution in [-0.2, 0) is 21.4 Å². The van der Waals surface area contributed by atoms with Crippen molar-refractivity contribution >= 4 is 27.3 Å². The van der Waals surface area contributed by atoms with Gasteiger partial charge in [0.15, 0.2) is 6.54 Å². The molecule has 0 amide bonds. The zero-order valence-electron chi connectivity index (χ0n) is 15.3. The van der Waals surface area contributed by atoms with Gasteiger partial charge >= 0.3 is 5.89 Å². The van der Waals surface area contributed by atoms with Crippen LogP contribution in [0.5, 0.6) is 0 Å². The van der Waals surface area contributed by atoms with E-state index in [1.165, 1.54) is 0 Å². The lowest BCUT2D eigenvalue weighted by Gasteiger charge is -2.01. The summed E-state index contributed by atoms with van der Waals surface area (Å²) >= 11 is 0. The van der Waals surface area contributed by atoms with Crippen LogP contribution in [-0.4, -0.2) is 25.3 Å². The molecule has 0 aliphatic rings. The van der Waals surface area contributed by atoms with E-state index < -0.39 is 15.9 Å². The fraction of sp³-hybridized carbons (Fsp3) is 0.250. The lowest BCUT2D eigenvalue weighted by atomic mass is 10.1. The van der Waals surface area contributed by atoms with Gasteiger partial charge < -0.3 is 9.15 Å². The minimum Gasteiger partial charge on any atom is -0.498 e. The third-order valence-electron chi connectivity index (χ3n) is 4.11. The maximum absolute atomic E-state index is 11.3. The van der Waals surface area contributed by atoms with Gasteiger partial charge in [-0.25, -0.2) is 0 Å². The molecular formula is C20H22NO5S+. The molecule has 2 aromatic carbocycles. The van der Waals surface area contributed by atoms with E-state index in [1.54, 1.807) is 17.6 Å². The summed E-state index contributed by atoms with van der Waals surface area (Å²) in [6.45, 7) is 4.27. The van der Waals surface area contributed by atoms with Crippen LogP contribution >= 0.6 is 0 Å². The first kappa shape index (κ1) is 19.1. The molecule has 0 atom stereocenters. The number of benzene rings is 2. The Hall–Kier alpha value is -2.64. The van der Waals surface area contributed by atoms with Crippen LogP contribution in [0.25, 0.3) is 28.3 Å². The zero-order valence-corrected chi connectivity index (χ0v) is 16.1. The number of nitrogens with zero attached hydrogens (tertiary/aromatic N) is 1. The smallest absolute Gasteiger partial charge is 0.377 e. The maximum Gasteiger partial charge on any atom is 0.377 e. The molecule has 0 aliphatic heterocycles. The van der Waals surface area contributed by atoms with Crippen molar-refractivity contribution in [3.8, 4) is 11.1 Å². The molecule has 0 unspecified atom stereocenters. The van der Waals surface area contributed by atoms with E-state index in [4.69, 9.17) is 13.7 Å². The summed E-state index contributed by atoms with van der Waals surface area (Å²) in [6, 6.07) is 15.6. The highest BCUT2D eigenvalue weighted by molar-refractivity contribution is 7.85. The van der Waals surface area contributed by atoms with E-state index in [9.17, 15) is 8.42 Å². The average molecular weight is 388 g/mol. The van der Waals surface area contributed by atoms with Crippen LogP contribution in [0, 0.1) is 0 Å². The molecule has 6 nitrogen and oxygen atoms in total. The van der Waals surface area contributed by atoms with Crippen molar-refractivity contribution in [2.45, 2.75) is 20.4 Å². The number of allylic oxidation sites excluding steroid dienone is 1. The van der Waals surface area contributed by atoms with E-state index in [2.05, 4.69) is 0 Å². The Morgan fingerprint density at radius 1 is 1.19 bits per heavy atom. The number of aryl methyl sites for hydroxylation is 1. The standard InChI is InChI=1S/C20H21NO5S/c1-3-25-15(2)13-20-21(11-12-27(22,23)24)18-14-17(9-10-19(18)26-20)16-7-5-4-6-8-16/h4-10,13-14H,3,11-12H2,1-2H3/p+1/b15-13+. The van der Waals surface area contributed by atoms with Crippen LogP contribution in [0.1, 0.15) is 19.7 Å². The van der Waals surface area contributed by atoms with Gasteiger partial charge in [0.25, 0.3) is 15.6 Å². The second-order valence-electron chi connectivity index (χ2n) is 6.11. The Labute approximate surface area is 158 Å². The van der Waals surface area contributed by atoms with Crippen molar-refractivity contribution in [1.29, 1.82) is 0 Å². The van der Waals surface area contributed by atoms with Crippen LogP contribution in [0.15, 0.2) is 58.7 Å². The van der Waals surface area contributed by atoms with Gasteiger partial charge in [-0.2, -0.15) is 13.0 Å². The lowest BCUT2D eigenvalue weighted by molar-refractivity contribution is -0.673. The summed E-state index contributed by atoms with van der Waals surface area (Å²) in [5, 5.41) is 0. The largest absolute Gasteiger partial charge is 0.498 e. The van der Waals surface area contributed by atoms with E-state index in [0.29, 0.717) is 23.8 Å². The summed E-state index contributed by atoms with van der Waals surface area (Å²) in [4.78, 5) is 0. The van der Waals surface area contributed by atoms with Gasteiger partial charge in [0.1, 0.15) is 11.5 Å². The Morgan fingerprint density at radius 3 is 2.59 bits per heavy atom. The lowest BCUT2D eigenvalue weighted by Crippen LogP contribution is -2.38. The second-order valence-corrected chi connectivity index (χ2v) is 7.69. The number of rotatable bonds is 7. The molecule has 0 fully saturated rings. The number of hydrogen-bond acceptors (Lipinski definition) is 4. The molecule has 0 saturated carbocycles. The van der Waals surface area contributed by atoms with Gasteiger partial charge in [-0.3, -0.25) is 4.55 Å². The Kier molecular flexibility index (Phi) is 5.62. The van der Waals surface area contributed by atoms with Crippen molar-refractivity contribution in [3.05, 3.63) is 60.2 Å². The average Bonchev–Trinajstić information content (AvgIpc) is 2.96. The quantitative estimate of drug-likeness (QED) is 0.379. The Bertz CT molecular complexity index is 1070. The number of hydrogen-bond donors (Lipinski definition) is 1. The molecule has 1 aromatic heterocycles. The SMILES string of the molecule is CCO/C(C)=C/c1oc2ccc(-c3ccccc3)cc2[n+]1CCS(=O)(=O)O. The second kappa shape index (κ2) is 7.94. The number of ether oxygens (including phenoxy) is 1. The molecule has 0 radical (unpaired) electrons. The van der Waals surface area contributed by atoms with Crippen LogP contribution in [0.4, 0.5) is 0 Å². The highest BCUT2D eigenvalue weighted by Crippen LogP contribution is 2.24. The van der Waals surface area contributed by atoms with Crippen LogP contribution < -0.4 is 4.57 Å². The summed E-state index contributed by atoms with van der Waals surface area (Å²) < 4.78 is 44.8. The fourth-order valence-corrected chi connectivity index (χ4v) is 3.31. The normalized spacial score (nSPS) is 12.5. The van der Waals surface area contributed by atoms with Crippen molar-refractivity contribution in [3.63, 3.8) is 0 Å². The van der Waals surface area contributed by atoms with E-state index >= 15 is 0 Å². The molecule has 1 heterocycles. The molecule has 7 heteroatoms. The van der Waals surface area contributed by atoms with Gasteiger partial charge in [-0.1, -0.05) is 36.4 Å². The summed E-state index contributed by atoms with van der Waals surface area (Å²) in [5.74, 6) is 0.710. The molecule has 3 aromatic rings. The molecule has 142 valence electrons. The van der Waals surface area contributed by atoms with Gasteiger partial charge in [0.2, 0.25) is 5.58 Å². The van der Waals surface area contributed by atoms with Crippen molar-refractivity contribution in [2.24, 2.45) is 0 Å². The first-order valence-corrected chi connectivity index (χ1v) is 10.3. The Morgan fingerprint density at radius 2 is 1.93 bits per heavy atom. The fourth-order valence-electron chi connectivity index (χ4n) is 2.90. The van der Waals surface area contributed by atoms with Gasteiger partial charge in [-0.05, 0) is 31.0 Å². The number of oxazole rings is 1. The van der Waals surface area contributed by atoms with Gasteiger partial charge in [0, 0.05) is 6.07 Å². The summed E-state index contributed by atoms with van der Waals surface area (Å²) in [6.07, 6.45) is 1.72. The minimum atomic E-state index is -4.10. The molecule has 0 bridgehead atoms. The zero-order chi connectivity index (χ0) is 19.4. The minimum absolute atomic E-state index is 0.0648. The van der Waals surface area contributed by atoms with Gasteiger partial charge in [-0.15, -0.1) is 0 Å². The highest BCUT2D eigenvalue weighted by atomic mass is 32.2. The topological polar surface area (TPSA) is 80.6 Å². The molecular weight excluding hydrogens is 366 g/mol. The monoisotopic (exact) mass is 388 g/mol. The molecule has 0 saturated heterocycles. The van der Waals surface area contributed by atoms with E-state index in [-0.39, 0.29) is 6.54 Å². The molecule has 0 spiro atoms. The van der Waals surface area contributed by atoms with Crippen molar-refractivity contribution < 1.29 is 26.7 Å². The Balaban J connectivity index is 2.12. The third-order valence-corrected chi connectivity index (χ3v) is 4.81. The van der Waals surface area contributed by atoms with Crippen LogP contribution in [0.3, 0.4) is 0 Å². The number of aromatic nitrogens is 1. The maximum atomic E-state index is 11.3. The van der Waals surface area contributed by atoms with Crippen LogP contribution in [0.2, 0.25) is 0 Å². The third kappa shape index (κ3) is 4.75. The predicted molar refractivity (Wildman–Crippen MR) is 104 cm³/mol. The van der Waals surface area contributed by atoms with E-state index in [0.717, 1.165) is 16.6 Å². The van der Waals surface area contributed by atoms with E-state index in [1.807, 2.05) is 55.5 Å². The first-order chi connectivity index (χ1) is 12.9. The highest BCUT2D eigenvalue weighted by Gasteiger charge is 2.24.